The maximum atomic E-state index is 11.2. The summed E-state index contributed by atoms with van der Waals surface area (Å²) < 4.78 is 5.04. The molecule has 1 unspecified atom stereocenters. The van der Waals surface area contributed by atoms with Gasteiger partial charge in [-0.25, -0.2) is 0 Å². The van der Waals surface area contributed by atoms with Gasteiger partial charge >= 0.3 is 0 Å². The Kier molecular flexibility index (Phi) is 4.05. The number of ketones is 1. The zero-order chi connectivity index (χ0) is 12.1. The molecule has 0 aliphatic rings. The summed E-state index contributed by atoms with van der Waals surface area (Å²) >= 11 is 0. The number of methoxy groups -OCH3 is 1. The Balaban J connectivity index is 2.95. The lowest BCUT2D eigenvalue weighted by Gasteiger charge is -2.11. The Morgan fingerprint density at radius 1 is 1.38 bits per heavy atom. The Labute approximate surface area is 94.5 Å². The van der Waals surface area contributed by atoms with E-state index < -0.39 is 0 Å². The van der Waals surface area contributed by atoms with E-state index in [1.165, 1.54) is 6.92 Å². The molecule has 0 saturated heterocycles. The van der Waals surface area contributed by atoms with Crippen LogP contribution in [-0.2, 0) is 4.79 Å². The number of carbonyl (C=O) groups excluding carboxylic acids is 1. The van der Waals surface area contributed by atoms with E-state index in [0.717, 1.165) is 11.3 Å². The molecule has 0 aliphatic carbocycles. The summed E-state index contributed by atoms with van der Waals surface area (Å²) in [5.41, 5.74) is 1.06. The van der Waals surface area contributed by atoms with E-state index in [-0.39, 0.29) is 17.4 Å². The van der Waals surface area contributed by atoms with Crippen molar-refractivity contribution in [2.75, 3.05) is 7.11 Å². The van der Waals surface area contributed by atoms with Gasteiger partial charge in [0.1, 0.15) is 11.5 Å². The van der Waals surface area contributed by atoms with E-state index in [9.17, 15) is 4.79 Å². The van der Waals surface area contributed by atoms with E-state index in [1.807, 2.05) is 19.1 Å². The average molecular weight is 221 g/mol. The Bertz CT molecular complexity index is 395. The average Bonchev–Trinajstić information content (AvgIpc) is 2.29. The second-order valence-corrected chi connectivity index (χ2v) is 3.54. The van der Waals surface area contributed by atoms with Gasteiger partial charge in [0, 0.05) is 12.8 Å². The molecule has 0 spiro atoms. The van der Waals surface area contributed by atoms with Crippen molar-refractivity contribution in [2.24, 2.45) is 5.16 Å². The van der Waals surface area contributed by atoms with Crippen LogP contribution in [-0.4, -0.2) is 23.8 Å². The smallest absolute Gasteiger partial charge is 0.177 e. The van der Waals surface area contributed by atoms with Gasteiger partial charge in [-0.2, -0.15) is 0 Å². The van der Waals surface area contributed by atoms with E-state index in [1.54, 1.807) is 19.2 Å². The van der Waals surface area contributed by atoms with Gasteiger partial charge in [0.15, 0.2) is 5.78 Å². The molecule has 86 valence electrons. The molecule has 1 rings (SSSR count). The minimum atomic E-state index is -0.231. The molecule has 4 nitrogen and oxygen atoms in total. The Morgan fingerprint density at radius 3 is 2.31 bits per heavy atom. The standard InChI is InChI=1S/C12H15NO3/c1-8(12(13-15)9(2)14)10-4-6-11(16-3)7-5-10/h4-8,15H,1-3H3/b13-12+. The van der Waals surface area contributed by atoms with Crippen molar-refractivity contribution < 1.29 is 14.7 Å². The van der Waals surface area contributed by atoms with Crippen molar-refractivity contribution in [3.8, 4) is 5.75 Å². The van der Waals surface area contributed by atoms with Gasteiger partial charge < -0.3 is 9.94 Å². The minimum Gasteiger partial charge on any atom is -0.497 e. The van der Waals surface area contributed by atoms with Gasteiger partial charge in [-0.3, -0.25) is 4.79 Å². The zero-order valence-electron chi connectivity index (χ0n) is 9.60. The number of hydrogen-bond donors (Lipinski definition) is 1. The number of carbonyl (C=O) groups is 1. The van der Waals surface area contributed by atoms with Crippen molar-refractivity contribution in [2.45, 2.75) is 19.8 Å². The fraction of sp³-hybridized carbons (Fsp3) is 0.333. The first-order valence-electron chi connectivity index (χ1n) is 4.97. The molecule has 1 atom stereocenters. The van der Waals surface area contributed by atoms with Crippen LogP contribution in [0.3, 0.4) is 0 Å². The number of hydrogen-bond acceptors (Lipinski definition) is 4. The number of ether oxygens (including phenoxy) is 1. The highest BCUT2D eigenvalue weighted by Gasteiger charge is 2.17. The zero-order valence-corrected chi connectivity index (χ0v) is 9.60. The molecule has 1 aromatic rings. The molecule has 0 fully saturated rings. The van der Waals surface area contributed by atoms with E-state index in [2.05, 4.69) is 5.16 Å². The predicted octanol–water partition coefficient (Wildman–Crippen LogP) is 2.22. The van der Waals surface area contributed by atoms with E-state index >= 15 is 0 Å². The summed E-state index contributed by atoms with van der Waals surface area (Å²) in [6.07, 6.45) is 0. The van der Waals surface area contributed by atoms with Crippen LogP contribution >= 0.6 is 0 Å². The summed E-state index contributed by atoms with van der Waals surface area (Å²) in [5.74, 6) is 0.292. The van der Waals surface area contributed by atoms with Gasteiger partial charge in [0.25, 0.3) is 0 Å². The molecule has 0 heterocycles. The highest BCUT2D eigenvalue weighted by molar-refractivity contribution is 6.40. The van der Waals surface area contributed by atoms with Gasteiger partial charge in [0.2, 0.25) is 0 Å². The monoisotopic (exact) mass is 221 g/mol. The predicted molar refractivity (Wildman–Crippen MR) is 61.3 cm³/mol. The molecule has 0 radical (unpaired) electrons. The van der Waals surface area contributed by atoms with Crippen molar-refractivity contribution in [1.82, 2.24) is 0 Å². The van der Waals surface area contributed by atoms with Crippen LogP contribution in [0.4, 0.5) is 0 Å². The summed E-state index contributed by atoms with van der Waals surface area (Å²) in [6.45, 7) is 3.20. The van der Waals surface area contributed by atoms with Crippen LogP contribution in [0.5, 0.6) is 5.75 Å². The van der Waals surface area contributed by atoms with E-state index in [4.69, 9.17) is 9.94 Å². The lowest BCUT2D eigenvalue weighted by Crippen LogP contribution is -2.17. The third-order valence-electron chi connectivity index (χ3n) is 2.49. The normalized spacial score (nSPS) is 13.3. The molecule has 0 aliphatic heterocycles. The second kappa shape index (κ2) is 5.30. The first-order chi connectivity index (χ1) is 7.60. The Hall–Kier alpha value is -1.84. The van der Waals surface area contributed by atoms with Crippen molar-refractivity contribution in [1.29, 1.82) is 0 Å². The SMILES string of the molecule is COc1ccc(C(C)/C(=N\O)C(C)=O)cc1. The van der Waals surface area contributed by atoms with Crippen molar-refractivity contribution >= 4 is 11.5 Å². The van der Waals surface area contributed by atoms with Crippen LogP contribution in [0.25, 0.3) is 0 Å². The molecular weight excluding hydrogens is 206 g/mol. The van der Waals surface area contributed by atoms with Crippen molar-refractivity contribution in [3.63, 3.8) is 0 Å². The fourth-order valence-corrected chi connectivity index (χ4v) is 1.51. The lowest BCUT2D eigenvalue weighted by molar-refractivity contribution is -0.111. The van der Waals surface area contributed by atoms with Crippen LogP contribution in [0.1, 0.15) is 25.3 Å². The molecule has 0 amide bonds. The van der Waals surface area contributed by atoms with E-state index in [0.29, 0.717) is 0 Å². The number of nitrogens with zero attached hydrogens (tertiary/aromatic N) is 1. The molecule has 1 aromatic carbocycles. The third kappa shape index (κ3) is 2.59. The quantitative estimate of drug-likeness (QED) is 0.482. The number of rotatable bonds is 4. The minimum absolute atomic E-state index is 0.158. The highest BCUT2D eigenvalue weighted by atomic mass is 16.5. The summed E-state index contributed by atoms with van der Waals surface area (Å²) in [6, 6.07) is 7.30. The number of Topliss-reactive ketones (excluding diaryl/α,β-unsaturated/α-hetero) is 1. The molecule has 0 aromatic heterocycles. The topological polar surface area (TPSA) is 58.9 Å². The third-order valence-corrected chi connectivity index (χ3v) is 2.49. The van der Waals surface area contributed by atoms with Crippen molar-refractivity contribution in [3.05, 3.63) is 29.8 Å². The molecule has 16 heavy (non-hydrogen) atoms. The van der Waals surface area contributed by atoms with Gasteiger partial charge in [-0.1, -0.05) is 24.2 Å². The summed E-state index contributed by atoms with van der Waals surface area (Å²) in [5, 5.41) is 11.8. The molecule has 0 saturated carbocycles. The second-order valence-electron chi connectivity index (χ2n) is 3.54. The molecule has 1 N–H and O–H groups in total. The first-order valence-corrected chi connectivity index (χ1v) is 4.97. The lowest BCUT2D eigenvalue weighted by atomic mass is 9.94. The fourth-order valence-electron chi connectivity index (χ4n) is 1.51. The summed E-state index contributed by atoms with van der Waals surface area (Å²) in [7, 11) is 1.59. The number of benzene rings is 1. The van der Waals surface area contributed by atoms with Gasteiger partial charge in [-0.15, -0.1) is 0 Å². The Morgan fingerprint density at radius 2 is 1.94 bits per heavy atom. The highest BCUT2D eigenvalue weighted by Crippen LogP contribution is 2.20. The van der Waals surface area contributed by atoms with Crippen LogP contribution in [0.15, 0.2) is 29.4 Å². The molecule has 4 heteroatoms. The largest absolute Gasteiger partial charge is 0.497 e. The molecule has 0 bridgehead atoms. The van der Waals surface area contributed by atoms with Crippen LogP contribution < -0.4 is 4.74 Å². The maximum absolute atomic E-state index is 11.2. The van der Waals surface area contributed by atoms with Gasteiger partial charge in [0.05, 0.1) is 7.11 Å². The summed E-state index contributed by atoms with van der Waals surface area (Å²) in [4.78, 5) is 11.2. The first kappa shape index (κ1) is 12.2. The maximum Gasteiger partial charge on any atom is 0.177 e. The van der Waals surface area contributed by atoms with Crippen LogP contribution in [0.2, 0.25) is 0 Å². The van der Waals surface area contributed by atoms with Gasteiger partial charge in [-0.05, 0) is 17.7 Å². The number of oxime groups is 1. The molecular formula is C12H15NO3. The van der Waals surface area contributed by atoms with Crippen LogP contribution in [0, 0.1) is 0 Å².